The lowest BCUT2D eigenvalue weighted by Gasteiger charge is -2.05. The van der Waals surface area contributed by atoms with Crippen LogP contribution in [0.1, 0.15) is 5.56 Å². The predicted molar refractivity (Wildman–Crippen MR) is 55.7 cm³/mol. The molecule has 0 radical (unpaired) electrons. The quantitative estimate of drug-likeness (QED) is 0.666. The standard InChI is InChI=1S/C11H12N2O/c1-9-8-12(2)13(11(9)14)10-6-4-3-5-7-10/h3-8H,1-2H3. The Morgan fingerprint density at radius 3 is 2.29 bits per heavy atom. The van der Waals surface area contributed by atoms with Crippen LogP contribution in [-0.4, -0.2) is 9.36 Å². The van der Waals surface area contributed by atoms with Crippen molar-refractivity contribution in [3.63, 3.8) is 0 Å². The van der Waals surface area contributed by atoms with Gasteiger partial charge in [-0.3, -0.25) is 9.48 Å². The zero-order chi connectivity index (χ0) is 10.1. The van der Waals surface area contributed by atoms with Crippen molar-refractivity contribution in [3.05, 3.63) is 52.4 Å². The van der Waals surface area contributed by atoms with E-state index < -0.39 is 0 Å². The maximum atomic E-state index is 11.7. The molecule has 0 unspecified atom stereocenters. The van der Waals surface area contributed by atoms with Crippen LogP contribution in [0, 0.1) is 6.92 Å². The highest BCUT2D eigenvalue weighted by atomic mass is 16.1. The Morgan fingerprint density at radius 1 is 1.14 bits per heavy atom. The summed E-state index contributed by atoms with van der Waals surface area (Å²) in [5.74, 6) is 0. The zero-order valence-corrected chi connectivity index (χ0v) is 8.27. The summed E-state index contributed by atoms with van der Waals surface area (Å²) in [6.07, 6.45) is 1.83. The van der Waals surface area contributed by atoms with E-state index in [1.165, 1.54) is 0 Å². The van der Waals surface area contributed by atoms with Crippen molar-refractivity contribution in [2.45, 2.75) is 6.92 Å². The second kappa shape index (κ2) is 3.18. The number of aryl methyl sites for hydroxylation is 2. The van der Waals surface area contributed by atoms with Gasteiger partial charge in [0.05, 0.1) is 5.69 Å². The molecule has 0 spiro atoms. The normalized spacial score (nSPS) is 10.4. The molecule has 0 fully saturated rings. The van der Waals surface area contributed by atoms with Crippen LogP contribution in [0.5, 0.6) is 0 Å². The van der Waals surface area contributed by atoms with Crippen LogP contribution in [0.3, 0.4) is 0 Å². The van der Waals surface area contributed by atoms with Crippen molar-refractivity contribution in [3.8, 4) is 5.69 Å². The Bertz CT molecular complexity index is 494. The van der Waals surface area contributed by atoms with Gasteiger partial charge in [-0.2, -0.15) is 0 Å². The fourth-order valence-corrected chi connectivity index (χ4v) is 1.57. The topological polar surface area (TPSA) is 26.9 Å². The van der Waals surface area contributed by atoms with Gasteiger partial charge in [-0.15, -0.1) is 0 Å². The van der Waals surface area contributed by atoms with E-state index in [2.05, 4.69) is 0 Å². The van der Waals surface area contributed by atoms with Crippen LogP contribution in [0.2, 0.25) is 0 Å². The molecule has 2 aromatic rings. The molecule has 14 heavy (non-hydrogen) atoms. The van der Waals surface area contributed by atoms with Crippen molar-refractivity contribution < 1.29 is 0 Å². The van der Waals surface area contributed by atoms with Gasteiger partial charge in [-0.1, -0.05) is 18.2 Å². The summed E-state index contributed by atoms with van der Waals surface area (Å²) in [6, 6.07) is 9.61. The van der Waals surface area contributed by atoms with E-state index in [0.717, 1.165) is 11.3 Å². The van der Waals surface area contributed by atoms with Crippen molar-refractivity contribution in [2.75, 3.05) is 0 Å². The molecule has 0 aliphatic carbocycles. The Morgan fingerprint density at radius 2 is 1.79 bits per heavy atom. The van der Waals surface area contributed by atoms with E-state index in [0.29, 0.717) is 0 Å². The van der Waals surface area contributed by atoms with Gasteiger partial charge in [0.15, 0.2) is 0 Å². The summed E-state index contributed by atoms with van der Waals surface area (Å²) in [5.41, 5.74) is 1.70. The Balaban J connectivity index is 2.69. The molecule has 0 saturated heterocycles. The number of rotatable bonds is 1. The highest BCUT2D eigenvalue weighted by Gasteiger charge is 2.05. The fourth-order valence-electron chi connectivity index (χ4n) is 1.57. The van der Waals surface area contributed by atoms with Gasteiger partial charge in [0, 0.05) is 18.8 Å². The van der Waals surface area contributed by atoms with Gasteiger partial charge in [-0.25, -0.2) is 4.68 Å². The highest BCUT2D eigenvalue weighted by Crippen LogP contribution is 2.04. The van der Waals surface area contributed by atoms with E-state index >= 15 is 0 Å². The Labute approximate surface area is 82.2 Å². The van der Waals surface area contributed by atoms with Gasteiger partial charge in [0.25, 0.3) is 5.56 Å². The molecule has 0 aliphatic heterocycles. The minimum Gasteiger partial charge on any atom is -0.288 e. The van der Waals surface area contributed by atoms with Crippen molar-refractivity contribution in [2.24, 2.45) is 7.05 Å². The van der Waals surface area contributed by atoms with Gasteiger partial charge in [0.1, 0.15) is 0 Å². The first-order valence-electron chi connectivity index (χ1n) is 4.51. The molecule has 0 bridgehead atoms. The van der Waals surface area contributed by atoms with Gasteiger partial charge in [0.2, 0.25) is 0 Å². The highest BCUT2D eigenvalue weighted by molar-refractivity contribution is 5.31. The number of para-hydroxylation sites is 1. The van der Waals surface area contributed by atoms with Crippen LogP contribution in [-0.2, 0) is 7.05 Å². The molecule has 0 aliphatic rings. The first-order chi connectivity index (χ1) is 6.70. The molecule has 0 atom stereocenters. The third-order valence-electron chi connectivity index (χ3n) is 2.23. The number of benzene rings is 1. The number of nitrogens with zero attached hydrogens (tertiary/aromatic N) is 2. The Kier molecular flexibility index (Phi) is 2.00. The second-order valence-electron chi connectivity index (χ2n) is 3.34. The summed E-state index contributed by atoms with van der Waals surface area (Å²) >= 11 is 0. The first-order valence-corrected chi connectivity index (χ1v) is 4.51. The van der Waals surface area contributed by atoms with Crippen LogP contribution >= 0.6 is 0 Å². The smallest absolute Gasteiger partial charge is 0.274 e. The maximum absolute atomic E-state index is 11.7. The minimum atomic E-state index is 0.0405. The summed E-state index contributed by atoms with van der Waals surface area (Å²) in [6.45, 7) is 1.82. The number of hydrogen-bond donors (Lipinski definition) is 0. The monoisotopic (exact) mass is 188 g/mol. The van der Waals surface area contributed by atoms with E-state index in [1.54, 1.807) is 9.36 Å². The molecule has 1 aromatic heterocycles. The summed E-state index contributed by atoms with van der Waals surface area (Å²) < 4.78 is 3.45. The zero-order valence-electron chi connectivity index (χ0n) is 8.27. The average Bonchev–Trinajstić information content (AvgIpc) is 2.43. The molecule has 3 heteroatoms. The molecular formula is C11H12N2O. The van der Waals surface area contributed by atoms with Crippen molar-refractivity contribution in [1.82, 2.24) is 9.36 Å². The van der Waals surface area contributed by atoms with Crippen molar-refractivity contribution in [1.29, 1.82) is 0 Å². The third-order valence-corrected chi connectivity index (χ3v) is 2.23. The lowest BCUT2D eigenvalue weighted by atomic mass is 10.3. The first kappa shape index (κ1) is 8.81. The van der Waals surface area contributed by atoms with E-state index in [-0.39, 0.29) is 5.56 Å². The minimum absolute atomic E-state index is 0.0405. The molecule has 1 aromatic carbocycles. The molecule has 0 saturated carbocycles. The van der Waals surface area contributed by atoms with Crippen LogP contribution in [0.25, 0.3) is 5.69 Å². The Hall–Kier alpha value is -1.77. The van der Waals surface area contributed by atoms with E-state index in [4.69, 9.17) is 0 Å². The summed E-state index contributed by atoms with van der Waals surface area (Å²) in [7, 11) is 1.86. The molecule has 3 nitrogen and oxygen atoms in total. The van der Waals surface area contributed by atoms with Gasteiger partial charge < -0.3 is 0 Å². The molecule has 2 rings (SSSR count). The number of aromatic nitrogens is 2. The van der Waals surface area contributed by atoms with E-state index in [9.17, 15) is 4.79 Å². The lowest BCUT2D eigenvalue weighted by molar-refractivity contribution is 0.646. The second-order valence-corrected chi connectivity index (χ2v) is 3.34. The molecule has 72 valence electrons. The van der Waals surface area contributed by atoms with Gasteiger partial charge in [-0.05, 0) is 19.1 Å². The maximum Gasteiger partial charge on any atom is 0.274 e. The lowest BCUT2D eigenvalue weighted by Crippen LogP contribution is -2.19. The molecule has 0 amide bonds. The summed E-state index contributed by atoms with van der Waals surface area (Å²) in [4.78, 5) is 11.7. The fraction of sp³-hybridized carbons (Fsp3) is 0.182. The SMILES string of the molecule is Cc1cn(C)n(-c2ccccc2)c1=O. The van der Waals surface area contributed by atoms with Gasteiger partial charge >= 0.3 is 0 Å². The average molecular weight is 188 g/mol. The number of hydrogen-bond acceptors (Lipinski definition) is 1. The van der Waals surface area contributed by atoms with Crippen molar-refractivity contribution >= 4 is 0 Å². The third kappa shape index (κ3) is 1.27. The molecule has 0 N–H and O–H groups in total. The van der Waals surface area contributed by atoms with Crippen LogP contribution < -0.4 is 5.56 Å². The largest absolute Gasteiger partial charge is 0.288 e. The predicted octanol–water partition coefficient (Wildman–Crippen LogP) is 1.48. The summed E-state index contributed by atoms with van der Waals surface area (Å²) in [5, 5.41) is 0. The molecular weight excluding hydrogens is 176 g/mol. The van der Waals surface area contributed by atoms with Crippen LogP contribution in [0.4, 0.5) is 0 Å². The molecule has 1 heterocycles. The van der Waals surface area contributed by atoms with E-state index in [1.807, 2.05) is 50.5 Å². The van der Waals surface area contributed by atoms with Crippen LogP contribution in [0.15, 0.2) is 41.3 Å².